The average molecular weight is 1000 g/mol. The Morgan fingerprint density at radius 3 is 1.35 bits per heavy atom. The molecule has 1 N–H and O–H groups in total. The fraction of sp³-hybridized carbons (Fsp3) is 0.240. The minimum absolute atomic E-state index is 0.00404. The molecule has 0 heterocycles. The van der Waals surface area contributed by atoms with Crippen molar-refractivity contribution in [2.24, 2.45) is 0 Å². The van der Waals surface area contributed by atoms with E-state index in [9.17, 15) is 14.7 Å². The summed E-state index contributed by atoms with van der Waals surface area (Å²) in [6.45, 7) is 6.70. The number of rotatable bonds is 18. The maximum atomic E-state index is 13.1. The van der Waals surface area contributed by atoms with Gasteiger partial charge in [0.1, 0.15) is 0 Å². The van der Waals surface area contributed by atoms with E-state index >= 15 is 0 Å². The molecular weight excluding hydrogens is 947 g/mol. The van der Waals surface area contributed by atoms with Gasteiger partial charge in [0.25, 0.3) is 0 Å². The van der Waals surface area contributed by atoms with Crippen LogP contribution in [0.4, 0.5) is 0 Å². The van der Waals surface area contributed by atoms with Crippen LogP contribution in [0.3, 0.4) is 0 Å². The van der Waals surface area contributed by atoms with Crippen LogP contribution in [0, 0.1) is 0 Å². The molecule has 0 spiro atoms. The van der Waals surface area contributed by atoms with Gasteiger partial charge in [-0.15, -0.1) is 0 Å². The van der Waals surface area contributed by atoms with Crippen LogP contribution in [0.25, 0.3) is 0 Å². The molecule has 0 aromatic heterocycles. The Morgan fingerprint density at radius 1 is 0.556 bits per heavy atom. The first-order chi connectivity index (χ1) is 30.4. The maximum absolute atomic E-state index is 13.1. The van der Waals surface area contributed by atoms with Gasteiger partial charge in [-0.05, 0) is 0 Å². The summed E-state index contributed by atoms with van der Waals surface area (Å²) in [7, 11) is 2.85. The zero-order chi connectivity index (χ0) is 45.2. The van der Waals surface area contributed by atoms with E-state index in [-0.39, 0.29) is 60.0 Å². The fourth-order valence-electron chi connectivity index (χ4n) is 6.91. The molecule has 0 saturated heterocycles. The van der Waals surface area contributed by atoms with E-state index in [1.807, 2.05) is 72.8 Å². The Labute approximate surface area is 384 Å². The summed E-state index contributed by atoms with van der Waals surface area (Å²) in [5, 5.41) is 13.3. The number of carbonyl (C=O) groups is 2. The van der Waals surface area contributed by atoms with Crippen molar-refractivity contribution in [1.29, 1.82) is 0 Å². The third kappa shape index (κ3) is 12.9. The molecule has 0 amide bonds. The SMILES string of the molecule is COCOc1cc(O)cc(C[Se]c2ccccc2)c1C(=O)OC.COCOc1cc(O[Si](c2ccccc2)(c2ccccc2)C(C)(C)C)cc(C[Se]c2ccccc2)c1C(=O)OC. The summed E-state index contributed by atoms with van der Waals surface area (Å²) >= 11 is 0.203. The van der Waals surface area contributed by atoms with Gasteiger partial charge < -0.3 is 0 Å². The number of benzene rings is 6. The number of hydrogen-bond acceptors (Lipinski definition) is 10. The first kappa shape index (κ1) is 48.7. The third-order valence-electron chi connectivity index (χ3n) is 9.73. The number of ether oxygens (including phenoxy) is 6. The molecule has 0 aliphatic carbocycles. The van der Waals surface area contributed by atoms with E-state index < -0.39 is 20.3 Å². The van der Waals surface area contributed by atoms with E-state index in [4.69, 9.17) is 32.8 Å². The van der Waals surface area contributed by atoms with Crippen LogP contribution in [0.2, 0.25) is 5.04 Å². The van der Waals surface area contributed by atoms with Crippen LogP contribution >= 0.6 is 0 Å². The summed E-state index contributed by atoms with van der Waals surface area (Å²) in [6.07, 6.45) is 0. The summed E-state index contributed by atoms with van der Waals surface area (Å²) in [6, 6.07) is 48.1. The molecule has 10 nitrogen and oxygen atoms in total. The van der Waals surface area contributed by atoms with Crippen molar-refractivity contribution >= 4 is 69.5 Å². The van der Waals surface area contributed by atoms with E-state index in [0.717, 1.165) is 5.56 Å². The van der Waals surface area contributed by atoms with Crippen LogP contribution in [0.5, 0.6) is 23.0 Å². The molecule has 0 saturated carbocycles. The molecule has 6 aromatic rings. The van der Waals surface area contributed by atoms with E-state index in [1.54, 1.807) is 13.2 Å². The summed E-state index contributed by atoms with van der Waals surface area (Å²) < 4.78 is 41.3. The van der Waals surface area contributed by atoms with Gasteiger partial charge in [-0.1, -0.05) is 0 Å². The zero-order valence-electron chi connectivity index (χ0n) is 36.6. The number of phenolic OH excluding ortho intramolecular Hbond substituents is 1. The zero-order valence-corrected chi connectivity index (χ0v) is 41.0. The monoisotopic (exact) mass is 1000 g/mol. The van der Waals surface area contributed by atoms with Crippen molar-refractivity contribution in [3.8, 4) is 23.0 Å². The van der Waals surface area contributed by atoms with E-state index in [0.29, 0.717) is 38.8 Å². The van der Waals surface area contributed by atoms with Crippen LogP contribution in [-0.4, -0.2) is 97.3 Å². The molecule has 0 aliphatic heterocycles. The van der Waals surface area contributed by atoms with Crippen molar-refractivity contribution < 1.29 is 47.5 Å². The molecule has 0 bridgehead atoms. The molecule has 330 valence electrons. The van der Waals surface area contributed by atoms with Crippen molar-refractivity contribution in [3.05, 3.63) is 168 Å². The second-order valence-electron chi connectivity index (χ2n) is 15.0. The summed E-state index contributed by atoms with van der Waals surface area (Å²) in [5.41, 5.74) is 2.27. The van der Waals surface area contributed by atoms with Gasteiger partial charge in [-0.3, -0.25) is 0 Å². The molecule has 0 radical (unpaired) electrons. The minimum atomic E-state index is -2.90. The van der Waals surface area contributed by atoms with Crippen molar-refractivity contribution in [2.45, 2.75) is 36.4 Å². The van der Waals surface area contributed by atoms with Gasteiger partial charge in [0.15, 0.2) is 0 Å². The van der Waals surface area contributed by atoms with Crippen LogP contribution < -0.4 is 33.2 Å². The van der Waals surface area contributed by atoms with Gasteiger partial charge in [-0.25, -0.2) is 0 Å². The Morgan fingerprint density at radius 2 is 0.952 bits per heavy atom. The van der Waals surface area contributed by atoms with Gasteiger partial charge in [0, 0.05) is 0 Å². The first-order valence-electron chi connectivity index (χ1n) is 20.0. The van der Waals surface area contributed by atoms with Crippen molar-refractivity contribution in [2.75, 3.05) is 42.0 Å². The Kier molecular flexibility index (Phi) is 18.5. The normalized spacial score (nSPS) is 11.2. The number of aromatic hydroxyl groups is 1. The quantitative estimate of drug-likeness (QED) is 0.0573. The van der Waals surface area contributed by atoms with Gasteiger partial charge >= 0.3 is 386 Å². The van der Waals surface area contributed by atoms with Crippen LogP contribution in [0.15, 0.2) is 146 Å². The van der Waals surface area contributed by atoms with E-state index in [1.165, 1.54) is 46.7 Å². The van der Waals surface area contributed by atoms with Gasteiger partial charge in [0.05, 0.1) is 0 Å². The molecule has 6 rings (SSSR count). The number of phenols is 1. The molecule has 0 unspecified atom stereocenters. The van der Waals surface area contributed by atoms with Crippen LogP contribution in [-0.2, 0) is 29.6 Å². The standard InChI is InChI=1S/C33H36O5SeSi.C17H18O5Se/c1-33(2,3)40(28-17-11-7-12-18-28,29-19-13-8-14-20-29)38-26-21-25(23-39-27-15-9-6-10-16-27)31(32(34)36-5)30(22-26)37-24-35-4;1-20-11-22-15-9-13(18)8-12(16(15)17(19)21-2)10-23-14-6-4-3-5-7-14/h6-22H,23-24H2,1-5H3;3-9,18H,10-11H2,1-2H3. The topological polar surface area (TPSA) is 119 Å². The van der Waals surface area contributed by atoms with Crippen LogP contribution in [0.1, 0.15) is 52.6 Å². The first-order valence-corrected chi connectivity index (χ1v) is 26.1. The van der Waals surface area contributed by atoms with Gasteiger partial charge in [0.2, 0.25) is 0 Å². The molecule has 6 aromatic carbocycles. The fourth-order valence-corrected chi connectivity index (χ4v) is 15.1. The molecular formula is C50H54O10Se2Si. The number of carbonyl (C=O) groups excluding carboxylic acids is 2. The average Bonchev–Trinajstić information content (AvgIpc) is 3.30. The molecule has 63 heavy (non-hydrogen) atoms. The third-order valence-corrected chi connectivity index (χ3v) is 19.1. The van der Waals surface area contributed by atoms with Gasteiger partial charge in [-0.2, -0.15) is 0 Å². The number of esters is 2. The van der Waals surface area contributed by atoms with E-state index in [2.05, 4.69) is 81.4 Å². The molecule has 13 heteroatoms. The molecule has 0 aliphatic rings. The van der Waals surface area contributed by atoms with Crippen molar-refractivity contribution in [1.82, 2.24) is 0 Å². The summed E-state index contributed by atoms with van der Waals surface area (Å²) in [5.74, 6) is 0.423. The van der Waals surface area contributed by atoms with Crippen molar-refractivity contribution in [3.63, 3.8) is 0 Å². The number of hydrogen-bond donors (Lipinski definition) is 1. The molecule has 0 atom stereocenters. The second-order valence-corrected chi connectivity index (χ2v) is 23.6. The summed E-state index contributed by atoms with van der Waals surface area (Å²) in [4.78, 5) is 25.2. The number of methoxy groups -OCH3 is 4. The Balaban J connectivity index is 0.000000276. The predicted octanol–water partition coefficient (Wildman–Crippen LogP) is 6.62. The Bertz CT molecular complexity index is 2320. The molecule has 0 fully saturated rings. The Hall–Kier alpha value is -5.36. The predicted molar refractivity (Wildman–Crippen MR) is 252 cm³/mol. The second kappa shape index (κ2) is 23.9.